The zero-order valence-electron chi connectivity index (χ0n) is 23.7. The lowest BCUT2D eigenvalue weighted by Crippen LogP contribution is -2.54. The maximum absolute atomic E-state index is 13.5. The van der Waals surface area contributed by atoms with E-state index >= 15 is 0 Å². The Morgan fingerprint density at radius 3 is 2.85 bits per heavy atom. The van der Waals surface area contributed by atoms with Crippen LogP contribution in [0.25, 0.3) is 11.2 Å². The average molecular weight is 567 g/mol. The second-order valence-corrected chi connectivity index (χ2v) is 11.5. The van der Waals surface area contributed by atoms with E-state index in [2.05, 4.69) is 30.2 Å². The van der Waals surface area contributed by atoms with Gasteiger partial charge in [-0.25, -0.2) is 15.0 Å². The van der Waals surface area contributed by atoms with Gasteiger partial charge < -0.3 is 35.1 Å². The molecule has 0 spiro atoms. The number of ether oxygens (including phenoxy) is 2. The van der Waals surface area contributed by atoms with E-state index in [4.69, 9.17) is 15.2 Å². The van der Waals surface area contributed by atoms with Crippen LogP contribution in [-0.2, 0) is 27.3 Å². The van der Waals surface area contributed by atoms with E-state index in [0.29, 0.717) is 31.8 Å². The standard InChI is InChI=1S/C28H38N8O5/c1-28(2,3)41-27(39)34-20(12-22(29)37)26(38)35-11-9-17-6-4-8-21(19(17)13-35)40-14-18-7-5-10-36(18)25-23-24(31-15-30-23)32-16-33-25/h4,6,8,15-16,18,20,27,34,39H,5,7,9-14H2,1-3H3,(H2,29,37)(H,30,31,32,33). The number of imidazole rings is 1. The van der Waals surface area contributed by atoms with Crippen molar-refractivity contribution in [2.45, 2.75) is 77.1 Å². The van der Waals surface area contributed by atoms with Gasteiger partial charge in [-0.2, -0.15) is 0 Å². The Morgan fingerprint density at radius 2 is 2.07 bits per heavy atom. The molecule has 4 heterocycles. The molecule has 3 atom stereocenters. The summed E-state index contributed by atoms with van der Waals surface area (Å²) in [5.74, 6) is 0.542. The molecule has 1 aromatic carbocycles. The SMILES string of the molecule is CC(C)(C)OC(O)NC(CC(N)=O)C(=O)N1CCc2cccc(OCC3CCCN3c3ncnc4nc[nH]c34)c2C1. The number of amides is 2. The number of aromatic nitrogens is 4. The van der Waals surface area contributed by atoms with Crippen molar-refractivity contribution in [2.75, 3.05) is 24.6 Å². The largest absolute Gasteiger partial charge is 0.491 e. The first kappa shape index (κ1) is 28.7. The molecule has 2 aliphatic rings. The number of carbonyl (C=O) groups is 2. The number of nitrogens with two attached hydrogens (primary N) is 1. The molecule has 1 fully saturated rings. The molecule has 2 aliphatic heterocycles. The minimum atomic E-state index is -1.44. The molecule has 41 heavy (non-hydrogen) atoms. The Balaban J connectivity index is 1.28. The van der Waals surface area contributed by atoms with Crippen molar-refractivity contribution in [1.82, 2.24) is 30.2 Å². The van der Waals surface area contributed by atoms with E-state index in [0.717, 1.165) is 47.6 Å². The van der Waals surface area contributed by atoms with Crippen LogP contribution in [0.1, 0.15) is 51.2 Å². The second kappa shape index (κ2) is 12.0. The summed E-state index contributed by atoms with van der Waals surface area (Å²) in [5.41, 5.74) is 8.25. The molecule has 2 aromatic heterocycles. The summed E-state index contributed by atoms with van der Waals surface area (Å²) in [7, 11) is 0. The highest BCUT2D eigenvalue weighted by molar-refractivity contribution is 5.88. The maximum atomic E-state index is 13.5. The number of fused-ring (bicyclic) bond motifs is 2. The van der Waals surface area contributed by atoms with Crippen LogP contribution >= 0.6 is 0 Å². The number of aliphatic hydroxyl groups excluding tert-OH is 1. The van der Waals surface area contributed by atoms with Gasteiger partial charge in [0.05, 0.1) is 30.4 Å². The second-order valence-electron chi connectivity index (χ2n) is 11.5. The molecule has 220 valence electrons. The lowest BCUT2D eigenvalue weighted by Gasteiger charge is -2.34. The molecule has 0 aliphatic carbocycles. The van der Waals surface area contributed by atoms with Crippen LogP contribution in [-0.4, -0.2) is 85.6 Å². The molecular weight excluding hydrogens is 528 g/mol. The number of hydrogen-bond donors (Lipinski definition) is 4. The smallest absolute Gasteiger partial charge is 0.240 e. The van der Waals surface area contributed by atoms with E-state index in [1.807, 2.05) is 18.2 Å². The molecule has 5 N–H and O–H groups in total. The summed E-state index contributed by atoms with van der Waals surface area (Å²) in [6.07, 6.45) is 4.05. The van der Waals surface area contributed by atoms with Crippen molar-refractivity contribution in [3.63, 3.8) is 0 Å². The van der Waals surface area contributed by atoms with Gasteiger partial charge in [0.2, 0.25) is 18.2 Å². The lowest BCUT2D eigenvalue weighted by atomic mass is 9.98. The molecule has 3 unspecified atom stereocenters. The van der Waals surface area contributed by atoms with Crippen LogP contribution in [0.2, 0.25) is 0 Å². The number of hydrogen-bond acceptors (Lipinski definition) is 10. The molecule has 13 nitrogen and oxygen atoms in total. The van der Waals surface area contributed by atoms with Gasteiger partial charge in [-0.15, -0.1) is 0 Å². The third-order valence-electron chi connectivity index (χ3n) is 7.34. The number of anilines is 1. The van der Waals surface area contributed by atoms with Crippen LogP contribution < -0.4 is 20.7 Å². The predicted molar refractivity (Wildman–Crippen MR) is 151 cm³/mol. The Labute approximate surface area is 238 Å². The van der Waals surface area contributed by atoms with Gasteiger partial charge in [0.25, 0.3) is 0 Å². The van der Waals surface area contributed by atoms with Crippen LogP contribution in [0.15, 0.2) is 30.9 Å². The number of H-pyrrole nitrogens is 1. The van der Waals surface area contributed by atoms with Crippen molar-refractivity contribution < 1.29 is 24.2 Å². The summed E-state index contributed by atoms with van der Waals surface area (Å²) in [4.78, 5) is 45.3. The molecule has 0 bridgehead atoms. The zero-order valence-corrected chi connectivity index (χ0v) is 23.7. The number of aliphatic hydroxyl groups is 1. The number of rotatable bonds is 10. The van der Waals surface area contributed by atoms with E-state index in [1.165, 1.54) is 6.33 Å². The molecule has 13 heteroatoms. The van der Waals surface area contributed by atoms with Gasteiger partial charge in [0.1, 0.15) is 24.2 Å². The Bertz CT molecular complexity index is 1390. The predicted octanol–water partition coefficient (Wildman–Crippen LogP) is 1.21. The average Bonchev–Trinajstić information content (AvgIpc) is 3.59. The highest BCUT2D eigenvalue weighted by Gasteiger charge is 2.33. The molecule has 1 saturated heterocycles. The number of nitrogens with zero attached hydrogens (tertiary/aromatic N) is 5. The van der Waals surface area contributed by atoms with Crippen LogP contribution in [0, 0.1) is 0 Å². The number of aromatic amines is 1. The van der Waals surface area contributed by atoms with Crippen LogP contribution in [0.4, 0.5) is 5.82 Å². The van der Waals surface area contributed by atoms with Crippen molar-refractivity contribution in [3.05, 3.63) is 42.0 Å². The fraction of sp³-hybridized carbons (Fsp3) is 0.536. The molecule has 0 saturated carbocycles. The highest BCUT2D eigenvalue weighted by Crippen LogP contribution is 2.32. The minimum absolute atomic E-state index is 0.113. The molecule has 3 aromatic rings. The summed E-state index contributed by atoms with van der Waals surface area (Å²) in [6.45, 7) is 7.42. The topological polar surface area (TPSA) is 172 Å². The first-order valence-electron chi connectivity index (χ1n) is 13.9. The molecule has 5 rings (SSSR count). The molecule has 2 amide bonds. The summed E-state index contributed by atoms with van der Waals surface area (Å²) in [6, 6.07) is 5.01. The lowest BCUT2D eigenvalue weighted by molar-refractivity contribution is -0.188. The summed E-state index contributed by atoms with van der Waals surface area (Å²) >= 11 is 0. The Hall–Kier alpha value is -3.81. The zero-order chi connectivity index (χ0) is 29.1. The normalized spacial score (nSPS) is 18.8. The van der Waals surface area contributed by atoms with Crippen LogP contribution in [0.5, 0.6) is 5.75 Å². The fourth-order valence-electron chi connectivity index (χ4n) is 5.50. The van der Waals surface area contributed by atoms with E-state index < -0.39 is 24.0 Å². The maximum Gasteiger partial charge on any atom is 0.240 e. The van der Waals surface area contributed by atoms with E-state index in [-0.39, 0.29) is 18.4 Å². The number of carbonyl (C=O) groups excluding carboxylic acids is 2. The minimum Gasteiger partial charge on any atom is -0.491 e. The third-order valence-corrected chi connectivity index (χ3v) is 7.34. The number of primary amides is 1. The Morgan fingerprint density at radius 1 is 1.24 bits per heavy atom. The van der Waals surface area contributed by atoms with Gasteiger partial charge in [-0.3, -0.25) is 14.9 Å². The monoisotopic (exact) mass is 566 g/mol. The summed E-state index contributed by atoms with van der Waals surface area (Å²) in [5, 5.41) is 13.1. The van der Waals surface area contributed by atoms with Gasteiger partial charge in [-0.1, -0.05) is 12.1 Å². The first-order valence-corrected chi connectivity index (χ1v) is 13.9. The molecule has 0 radical (unpaired) electrons. The quantitative estimate of drug-likeness (QED) is 0.261. The van der Waals surface area contributed by atoms with Gasteiger partial charge in [0.15, 0.2) is 11.5 Å². The number of nitrogens with one attached hydrogen (secondary N) is 2. The van der Waals surface area contributed by atoms with E-state index in [9.17, 15) is 14.7 Å². The number of benzene rings is 1. The first-order chi connectivity index (χ1) is 19.6. The van der Waals surface area contributed by atoms with Gasteiger partial charge >= 0.3 is 0 Å². The summed E-state index contributed by atoms with van der Waals surface area (Å²) < 4.78 is 11.9. The highest BCUT2D eigenvalue weighted by atomic mass is 16.6. The Kier molecular flexibility index (Phi) is 8.38. The van der Waals surface area contributed by atoms with Gasteiger partial charge in [-0.05, 0) is 51.7 Å². The fourth-order valence-corrected chi connectivity index (χ4v) is 5.50. The van der Waals surface area contributed by atoms with Crippen molar-refractivity contribution in [3.8, 4) is 5.75 Å². The van der Waals surface area contributed by atoms with Crippen molar-refractivity contribution in [1.29, 1.82) is 0 Å². The van der Waals surface area contributed by atoms with Gasteiger partial charge in [0, 0.05) is 25.2 Å². The van der Waals surface area contributed by atoms with Crippen molar-refractivity contribution in [2.24, 2.45) is 5.73 Å². The third kappa shape index (κ3) is 6.75. The van der Waals surface area contributed by atoms with Crippen LogP contribution in [0.3, 0.4) is 0 Å². The van der Waals surface area contributed by atoms with E-state index in [1.54, 1.807) is 32.0 Å². The molecular formula is C28H38N8O5. The van der Waals surface area contributed by atoms with Crippen molar-refractivity contribution >= 4 is 28.8 Å².